The predicted octanol–water partition coefficient (Wildman–Crippen LogP) is 5.00. The van der Waals surface area contributed by atoms with Crippen LogP contribution in [-0.2, 0) is 0 Å². The van der Waals surface area contributed by atoms with Crippen LogP contribution >= 0.6 is 0 Å². The smallest absolute Gasteiger partial charge is 0.159 e. The number of benzene rings is 2. The maximum atomic E-state index is 11.8. The molecule has 1 saturated heterocycles. The molecule has 0 unspecified atom stereocenters. The van der Waals surface area contributed by atoms with Gasteiger partial charge in [0, 0.05) is 41.7 Å². The fourth-order valence-corrected chi connectivity index (χ4v) is 3.45. The van der Waals surface area contributed by atoms with Crippen LogP contribution in [0.5, 0.6) is 5.75 Å². The van der Waals surface area contributed by atoms with Gasteiger partial charge >= 0.3 is 0 Å². The molecule has 3 aromatic rings. The molecular formula is C23H23N3O2. The molecule has 2 N–H and O–H groups in total. The van der Waals surface area contributed by atoms with E-state index in [1.165, 1.54) is 12.8 Å². The van der Waals surface area contributed by atoms with Crippen molar-refractivity contribution in [2.75, 3.05) is 23.3 Å². The van der Waals surface area contributed by atoms with Gasteiger partial charge in [-0.15, -0.1) is 0 Å². The third-order valence-electron chi connectivity index (χ3n) is 4.96. The molecule has 0 aliphatic carbocycles. The van der Waals surface area contributed by atoms with Crippen LogP contribution in [0.1, 0.15) is 30.1 Å². The van der Waals surface area contributed by atoms with Gasteiger partial charge in [-0.25, -0.2) is 4.98 Å². The molecule has 0 atom stereocenters. The summed E-state index contributed by atoms with van der Waals surface area (Å²) in [6.07, 6.45) is 2.35. The Morgan fingerprint density at radius 2 is 1.75 bits per heavy atom. The lowest BCUT2D eigenvalue weighted by Crippen LogP contribution is -2.19. The number of Topliss-reactive ketones (excluding diaryl/α,β-unsaturated/α-hetero) is 1. The van der Waals surface area contributed by atoms with Gasteiger partial charge < -0.3 is 15.3 Å². The fourth-order valence-electron chi connectivity index (χ4n) is 3.45. The number of carbonyl (C=O) groups excluding carboxylic acids is 1. The minimum Gasteiger partial charge on any atom is -0.508 e. The number of hydrogen-bond acceptors (Lipinski definition) is 5. The highest BCUT2D eigenvalue weighted by molar-refractivity contribution is 5.95. The van der Waals surface area contributed by atoms with Crippen LogP contribution in [-0.4, -0.2) is 29.0 Å². The Morgan fingerprint density at radius 3 is 2.46 bits per heavy atom. The highest BCUT2D eigenvalue weighted by atomic mass is 16.3. The van der Waals surface area contributed by atoms with Crippen LogP contribution in [0.2, 0.25) is 0 Å². The lowest BCUT2D eigenvalue weighted by atomic mass is 10.0. The number of aromatic nitrogens is 1. The third kappa shape index (κ3) is 3.98. The van der Waals surface area contributed by atoms with Gasteiger partial charge in [-0.1, -0.05) is 18.2 Å². The molecular weight excluding hydrogens is 350 g/mol. The summed E-state index contributed by atoms with van der Waals surface area (Å²) in [4.78, 5) is 18.9. The van der Waals surface area contributed by atoms with E-state index in [0.717, 1.165) is 41.5 Å². The van der Waals surface area contributed by atoms with Crippen molar-refractivity contribution in [3.8, 4) is 17.0 Å². The zero-order chi connectivity index (χ0) is 19.5. The topological polar surface area (TPSA) is 65.5 Å². The molecule has 2 aromatic carbocycles. The largest absolute Gasteiger partial charge is 0.508 e. The van der Waals surface area contributed by atoms with Crippen LogP contribution in [0.25, 0.3) is 11.3 Å². The molecule has 1 aliphatic heterocycles. The molecule has 2 heterocycles. The first-order valence-electron chi connectivity index (χ1n) is 9.53. The molecule has 0 saturated carbocycles. The number of pyridine rings is 1. The van der Waals surface area contributed by atoms with Crippen LogP contribution in [0.3, 0.4) is 0 Å². The zero-order valence-electron chi connectivity index (χ0n) is 15.9. The van der Waals surface area contributed by atoms with E-state index >= 15 is 0 Å². The van der Waals surface area contributed by atoms with E-state index in [4.69, 9.17) is 4.98 Å². The fraction of sp³-hybridized carbons (Fsp3) is 0.217. The van der Waals surface area contributed by atoms with Crippen molar-refractivity contribution in [1.82, 2.24) is 4.98 Å². The van der Waals surface area contributed by atoms with Gasteiger partial charge in [-0.2, -0.15) is 0 Å². The normalized spacial score (nSPS) is 13.5. The minimum atomic E-state index is 0.0417. The summed E-state index contributed by atoms with van der Waals surface area (Å²) in [5.41, 5.74) is 4.24. The zero-order valence-corrected chi connectivity index (χ0v) is 15.9. The van der Waals surface area contributed by atoms with E-state index in [0.29, 0.717) is 5.56 Å². The highest BCUT2D eigenvalue weighted by Gasteiger charge is 2.16. The number of nitrogens with zero attached hydrogens (tertiary/aromatic N) is 2. The number of phenolic OH excluding ortho intramolecular Hbond substituents is 1. The summed E-state index contributed by atoms with van der Waals surface area (Å²) < 4.78 is 0. The minimum absolute atomic E-state index is 0.0417. The van der Waals surface area contributed by atoms with Gasteiger partial charge in [0.15, 0.2) is 5.78 Å². The maximum Gasteiger partial charge on any atom is 0.159 e. The molecule has 28 heavy (non-hydrogen) atoms. The van der Waals surface area contributed by atoms with Gasteiger partial charge in [-0.3, -0.25) is 4.79 Å². The number of rotatable bonds is 5. The number of carbonyl (C=O) groups is 1. The molecule has 5 nitrogen and oxygen atoms in total. The highest BCUT2D eigenvalue weighted by Crippen LogP contribution is 2.30. The van der Waals surface area contributed by atoms with Crippen LogP contribution in [0.15, 0.2) is 60.7 Å². The molecule has 0 bridgehead atoms. The van der Waals surface area contributed by atoms with Crippen molar-refractivity contribution in [3.05, 3.63) is 66.2 Å². The molecule has 1 fully saturated rings. The Balaban J connectivity index is 1.74. The van der Waals surface area contributed by atoms with Crippen molar-refractivity contribution in [1.29, 1.82) is 0 Å². The number of nitrogens with one attached hydrogen (secondary N) is 1. The predicted molar refractivity (Wildman–Crippen MR) is 113 cm³/mol. The van der Waals surface area contributed by atoms with E-state index in [1.807, 2.05) is 42.5 Å². The molecule has 1 aromatic heterocycles. The summed E-state index contributed by atoms with van der Waals surface area (Å²) in [5.74, 6) is 1.21. The summed E-state index contributed by atoms with van der Waals surface area (Å²) in [6, 6.07) is 18.6. The van der Waals surface area contributed by atoms with Crippen molar-refractivity contribution in [2.45, 2.75) is 19.8 Å². The van der Waals surface area contributed by atoms with E-state index < -0.39 is 0 Å². The van der Waals surface area contributed by atoms with Crippen molar-refractivity contribution in [3.63, 3.8) is 0 Å². The summed E-state index contributed by atoms with van der Waals surface area (Å²) >= 11 is 0. The van der Waals surface area contributed by atoms with Gasteiger partial charge in [0.05, 0.1) is 5.69 Å². The van der Waals surface area contributed by atoms with Gasteiger partial charge in [-0.05, 0) is 56.2 Å². The average Bonchev–Trinajstić information content (AvgIpc) is 3.25. The summed E-state index contributed by atoms with van der Waals surface area (Å²) in [7, 11) is 0. The SMILES string of the molecule is CC(=O)c1cccc(-c2cc(Nc3ccc(O)cc3)cc(N3CCCC3)n2)c1. The van der Waals surface area contributed by atoms with Crippen molar-refractivity contribution in [2.24, 2.45) is 0 Å². The Labute approximate surface area is 164 Å². The monoisotopic (exact) mass is 373 g/mol. The van der Waals surface area contributed by atoms with E-state index in [1.54, 1.807) is 19.1 Å². The lowest BCUT2D eigenvalue weighted by molar-refractivity contribution is 0.101. The molecule has 0 amide bonds. The second-order valence-electron chi connectivity index (χ2n) is 7.10. The number of phenols is 1. The first-order valence-corrected chi connectivity index (χ1v) is 9.53. The Morgan fingerprint density at radius 1 is 1.00 bits per heavy atom. The number of anilines is 3. The van der Waals surface area contributed by atoms with Gasteiger partial charge in [0.25, 0.3) is 0 Å². The van der Waals surface area contributed by atoms with Crippen LogP contribution in [0.4, 0.5) is 17.2 Å². The lowest BCUT2D eigenvalue weighted by Gasteiger charge is -2.19. The maximum absolute atomic E-state index is 11.8. The number of ketones is 1. The molecule has 5 heteroatoms. The molecule has 1 aliphatic rings. The summed E-state index contributed by atoms with van der Waals surface area (Å²) in [5, 5.41) is 12.9. The first-order chi connectivity index (χ1) is 13.6. The molecule has 4 rings (SSSR count). The quantitative estimate of drug-likeness (QED) is 0.487. The number of aromatic hydroxyl groups is 1. The van der Waals surface area contributed by atoms with E-state index in [2.05, 4.69) is 16.3 Å². The van der Waals surface area contributed by atoms with E-state index in [9.17, 15) is 9.90 Å². The van der Waals surface area contributed by atoms with Gasteiger partial charge in [0.1, 0.15) is 11.6 Å². The molecule has 142 valence electrons. The average molecular weight is 373 g/mol. The summed E-state index contributed by atoms with van der Waals surface area (Å²) in [6.45, 7) is 3.58. The molecule has 0 radical (unpaired) electrons. The Hall–Kier alpha value is -3.34. The second-order valence-corrected chi connectivity index (χ2v) is 7.10. The van der Waals surface area contributed by atoms with Crippen molar-refractivity contribution >= 4 is 23.0 Å². The van der Waals surface area contributed by atoms with Crippen LogP contribution in [0, 0.1) is 0 Å². The first kappa shape index (κ1) is 18.0. The Bertz CT molecular complexity index is 993. The molecule has 0 spiro atoms. The van der Waals surface area contributed by atoms with Crippen LogP contribution < -0.4 is 10.2 Å². The number of hydrogen-bond donors (Lipinski definition) is 2. The standard InChI is InChI=1S/C23H23N3O2/c1-16(27)17-5-4-6-18(13-17)22-14-20(24-19-7-9-21(28)10-8-19)15-23(25-22)26-11-2-3-12-26/h4-10,13-15,28H,2-3,11-12H2,1H3,(H,24,25). The van der Waals surface area contributed by atoms with Gasteiger partial charge in [0.2, 0.25) is 0 Å². The third-order valence-corrected chi connectivity index (χ3v) is 4.96. The second kappa shape index (κ2) is 7.72. The van der Waals surface area contributed by atoms with E-state index in [-0.39, 0.29) is 11.5 Å². The Kier molecular flexibility index (Phi) is 4.98. The van der Waals surface area contributed by atoms with Crippen molar-refractivity contribution < 1.29 is 9.90 Å².